The van der Waals surface area contributed by atoms with Crippen molar-refractivity contribution in [2.24, 2.45) is 57.2 Å². The third-order valence-electron chi connectivity index (χ3n) is 17.3. The number of nitrogens with zero attached hydrogens (tertiary/aromatic N) is 1. The molecule has 1 aromatic carbocycles. The number of esters is 2. The maximum atomic E-state index is 12.2. The van der Waals surface area contributed by atoms with E-state index >= 15 is 0 Å². The zero-order valence-corrected chi connectivity index (χ0v) is 33.7. The van der Waals surface area contributed by atoms with Crippen LogP contribution < -0.4 is 5.32 Å². The highest BCUT2D eigenvalue weighted by molar-refractivity contribution is 5.90. The van der Waals surface area contributed by atoms with Crippen LogP contribution in [-0.4, -0.2) is 62.8 Å². The summed E-state index contributed by atoms with van der Waals surface area (Å²) in [5, 5.41) is 4.30. The molecule has 6 aliphatic rings. The number of methoxy groups -OCH3 is 2. The van der Waals surface area contributed by atoms with Crippen molar-refractivity contribution in [1.29, 1.82) is 0 Å². The van der Waals surface area contributed by atoms with Crippen molar-refractivity contribution < 1.29 is 19.1 Å². The van der Waals surface area contributed by atoms with Crippen molar-refractivity contribution in [2.45, 2.75) is 118 Å². The Balaban J connectivity index is 1.11. The normalized spacial score (nSPS) is 40.0. The number of carbonyl (C=O) groups is 2. The van der Waals surface area contributed by atoms with Gasteiger partial charge in [0.2, 0.25) is 0 Å². The Kier molecular flexibility index (Phi) is 9.97. The Morgan fingerprint density at radius 3 is 2.21 bits per heavy atom. The number of allylic oxidation sites excluding steroid dienone is 3. The van der Waals surface area contributed by atoms with Crippen LogP contribution in [-0.2, 0) is 14.3 Å². The molecule has 0 amide bonds. The molecule has 1 heterocycles. The van der Waals surface area contributed by atoms with Crippen molar-refractivity contribution in [2.75, 3.05) is 40.4 Å². The van der Waals surface area contributed by atoms with Gasteiger partial charge < -0.3 is 19.7 Å². The summed E-state index contributed by atoms with van der Waals surface area (Å²) >= 11 is 0. The third kappa shape index (κ3) is 5.78. The van der Waals surface area contributed by atoms with Crippen molar-refractivity contribution in [3.05, 3.63) is 53.6 Å². The number of piperidine rings is 1. The number of hydrogen-bond donors (Lipinski definition) is 1. The lowest BCUT2D eigenvalue weighted by Gasteiger charge is -2.72. The summed E-state index contributed by atoms with van der Waals surface area (Å²) in [7, 11) is 2.97. The highest BCUT2D eigenvalue weighted by atomic mass is 16.5. The molecular weight excluding hydrogens is 645 g/mol. The van der Waals surface area contributed by atoms with E-state index in [2.05, 4.69) is 76.5 Å². The van der Waals surface area contributed by atoms with Crippen LogP contribution in [0.1, 0.15) is 128 Å². The lowest BCUT2D eigenvalue weighted by Crippen LogP contribution is -2.68. The standard InChI is InChI=1S/C46H68N2O4/c1-30(2)34-16-23-46(47-26-29-48-27-19-33(20-28-48)41(50)52-9)25-24-44(6)36(39(34)46)14-15-38-43(5)21-17-35(31-10-12-32(13-11-31)40(49)51-8)42(3,4)37(43)18-22-45(38,44)7/h10-13,17,33-34,36-39,47H,1,14-16,18-29H2,2-9H3/t34-,36+,37-,38+,39+,43-,44+,45+,46-/m0/s1. The average Bonchev–Trinajstić information content (AvgIpc) is 3.51. The van der Waals surface area contributed by atoms with Gasteiger partial charge in [-0.2, -0.15) is 0 Å². The van der Waals surface area contributed by atoms with Crippen molar-refractivity contribution in [3.63, 3.8) is 0 Å². The SMILES string of the molecule is C=C(C)[C@@H]1CC[C@]2(NCCN3CCC(C(=O)OC)CC3)CC[C@]3(C)[C@H](CC[C@@H]4[C@@]5(C)CC=C(c6ccc(C(=O)OC)cc6)C(C)(C)[C@@H]5CC[C@]43C)[C@@H]12. The van der Waals surface area contributed by atoms with Crippen LogP contribution in [0, 0.1) is 57.2 Å². The quantitative estimate of drug-likeness (QED) is 0.214. The summed E-state index contributed by atoms with van der Waals surface area (Å²) in [6, 6.07) is 8.13. The van der Waals surface area contributed by atoms with E-state index in [0.717, 1.165) is 45.4 Å². The zero-order valence-electron chi connectivity index (χ0n) is 33.7. The minimum Gasteiger partial charge on any atom is -0.469 e. The van der Waals surface area contributed by atoms with Gasteiger partial charge in [-0.3, -0.25) is 4.79 Å². The monoisotopic (exact) mass is 713 g/mol. The highest BCUT2D eigenvalue weighted by Crippen LogP contribution is 2.76. The van der Waals surface area contributed by atoms with Crippen LogP contribution in [0.4, 0.5) is 0 Å². The molecule has 0 unspecified atom stereocenters. The number of benzene rings is 1. The second kappa shape index (κ2) is 13.7. The van der Waals surface area contributed by atoms with Gasteiger partial charge in [0.25, 0.3) is 0 Å². The van der Waals surface area contributed by atoms with Gasteiger partial charge in [0.15, 0.2) is 0 Å². The predicted molar refractivity (Wildman–Crippen MR) is 210 cm³/mol. The lowest BCUT2D eigenvalue weighted by molar-refractivity contribution is -0.219. The van der Waals surface area contributed by atoms with Crippen molar-refractivity contribution in [1.82, 2.24) is 10.2 Å². The number of nitrogens with one attached hydrogen (secondary N) is 1. The molecule has 286 valence electrons. The second-order valence-corrected chi connectivity index (χ2v) is 19.5. The van der Waals surface area contributed by atoms with E-state index in [9.17, 15) is 9.59 Å². The smallest absolute Gasteiger partial charge is 0.337 e. The summed E-state index contributed by atoms with van der Waals surface area (Å²) in [5.74, 6) is 3.05. The fourth-order valence-corrected chi connectivity index (χ4v) is 14.5. The molecule has 6 heteroatoms. The molecule has 1 saturated heterocycles. The van der Waals surface area contributed by atoms with Crippen LogP contribution in [0.15, 0.2) is 42.5 Å². The van der Waals surface area contributed by atoms with Gasteiger partial charge >= 0.3 is 11.9 Å². The largest absolute Gasteiger partial charge is 0.469 e. The fourth-order valence-electron chi connectivity index (χ4n) is 14.5. The van der Waals surface area contributed by atoms with Gasteiger partial charge in [-0.25, -0.2) is 4.79 Å². The highest BCUT2D eigenvalue weighted by Gasteiger charge is 2.70. The van der Waals surface area contributed by atoms with Gasteiger partial charge in [-0.1, -0.05) is 65.0 Å². The van der Waals surface area contributed by atoms with E-state index in [1.54, 1.807) is 0 Å². The first kappa shape index (κ1) is 37.9. The number of fused-ring (bicyclic) bond motifs is 7. The number of ether oxygens (including phenoxy) is 2. The Hall–Kier alpha value is -2.44. The maximum Gasteiger partial charge on any atom is 0.337 e. The molecule has 1 aromatic rings. The third-order valence-corrected chi connectivity index (χ3v) is 17.3. The molecule has 0 radical (unpaired) electrons. The van der Waals surface area contributed by atoms with Gasteiger partial charge in [-0.05, 0) is 165 Å². The Morgan fingerprint density at radius 2 is 1.56 bits per heavy atom. The molecule has 4 saturated carbocycles. The first-order valence-corrected chi connectivity index (χ1v) is 20.8. The first-order chi connectivity index (χ1) is 24.6. The summed E-state index contributed by atoms with van der Waals surface area (Å²) in [4.78, 5) is 26.8. The van der Waals surface area contributed by atoms with Crippen molar-refractivity contribution in [3.8, 4) is 0 Å². The van der Waals surface area contributed by atoms with Crippen LogP contribution in [0.2, 0.25) is 0 Å². The summed E-state index contributed by atoms with van der Waals surface area (Å²) < 4.78 is 10.0. The Bertz CT molecular complexity index is 1570. The molecule has 0 bridgehead atoms. The van der Waals surface area contributed by atoms with Crippen LogP contribution in [0.5, 0.6) is 0 Å². The van der Waals surface area contributed by atoms with Gasteiger partial charge in [-0.15, -0.1) is 0 Å². The molecule has 0 spiro atoms. The zero-order chi connectivity index (χ0) is 37.3. The van der Waals surface area contributed by atoms with Crippen LogP contribution in [0.25, 0.3) is 5.57 Å². The molecule has 6 nitrogen and oxygen atoms in total. The molecule has 5 aliphatic carbocycles. The van der Waals surface area contributed by atoms with E-state index in [1.807, 2.05) is 12.1 Å². The number of carbonyl (C=O) groups excluding carboxylic acids is 2. The van der Waals surface area contributed by atoms with Gasteiger partial charge in [0, 0.05) is 18.6 Å². The lowest BCUT2D eigenvalue weighted by atomic mass is 9.33. The molecule has 9 atom stereocenters. The van der Waals surface area contributed by atoms with E-state index in [1.165, 1.54) is 82.3 Å². The molecule has 1 aliphatic heterocycles. The van der Waals surface area contributed by atoms with Crippen LogP contribution in [0.3, 0.4) is 0 Å². The van der Waals surface area contributed by atoms with Gasteiger partial charge in [0.05, 0.1) is 25.7 Å². The average molecular weight is 713 g/mol. The van der Waals surface area contributed by atoms with Gasteiger partial charge in [0.1, 0.15) is 0 Å². The summed E-state index contributed by atoms with van der Waals surface area (Å²) in [6.07, 6.45) is 16.0. The maximum absolute atomic E-state index is 12.2. The fraction of sp³-hybridized carbons (Fsp3) is 0.739. The molecule has 0 aromatic heterocycles. The molecule has 7 rings (SSSR count). The molecule has 52 heavy (non-hydrogen) atoms. The summed E-state index contributed by atoms with van der Waals surface area (Å²) in [6.45, 7) is 24.2. The van der Waals surface area contributed by atoms with E-state index in [-0.39, 0.29) is 34.2 Å². The predicted octanol–water partition coefficient (Wildman–Crippen LogP) is 9.35. The minimum absolute atomic E-state index is 0.0372. The Morgan fingerprint density at radius 1 is 0.846 bits per heavy atom. The minimum atomic E-state index is -0.275. The molecule has 1 N–H and O–H groups in total. The number of rotatable bonds is 8. The van der Waals surface area contributed by atoms with E-state index in [4.69, 9.17) is 9.47 Å². The molecule has 5 fully saturated rings. The van der Waals surface area contributed by atoms with E-state index < -0.39 is 0 Å². The first-order valence-electron chi connectivity index (χ1n) is 20.8. The summed E-state index contributed by atoms with van der Waals surface area (Å²) in [5.41, 5.74) is 5.85. The van der Waals surface area contributed by atoms with E-state index in [0.29, 0.717) is 46.0 Å². The second-order valence-electron chi connectivity index (χ2n) is 19.5. The van der Waals surface area contributed by atoms with Crippen molar-refractivity contribution >= 4 is 17.5 Å². The van der Waals surface area contributed by atoms with Crippen LogP contribution >= 0.6 is 0 Å². The topological polar surface area (TPSA) is 67.9 Å². The Labute approximate surface area is 314 Å². The molecular formula is C46H68N2O4. The number of hydrogen-bond acceptors (Lipinski definition) is 6. The number of likely N-dealkylation sites (tertiary alicyclic amines) is 1.